The van der Waals surface area contributed by atoms with Gasteiger partial charge < -0.3 is 0 Å². The predicted molar refractivity (Wildman–Crippen MR) is 97.1 cm³/mol. The van der Waals surface area contributed by atoms with Crippen LogP contribution in [0.2, 0.25) is 0 Å². The molecule has 21 heavy (non-hydrogen) atoms. The molecule has 0 unspecified atom stereocenters. The zero-order chi connectivity index (χ0) is 14.4. The van der Waals surface area contributed by atoms with Gasteiger partial charge in [0.15, 0.2) is 0 Å². The molecule has 0 atom stereocenters. The second-order valence-electron chi connectivity index (χ2n) is 4.96. The smallest absolute Gasteiger partial charge is 0.204 e. The van der Waals surface area contributed by atoms with Crippen LogP contribution in [0.1, 0.15) is 25.7 Å². The molecule has 1 nitrogen and oxygen atoms in total. The Morgan fingerprint density at radius 1 is 1.29 bits per heavy atom. The van der Waals surface area contributed by atoms with E-state index in [1.54, 1.807) is 22.7 Å². The van der Waals surface area contributed by atoms with Crippen molar-refractivity contribution in [3.05, 3.63) is 55.0 Å². The number of rotatable bonds is 2. The largest absolute Gasteiger partial charge is 0.288 e. The molecule has 1 aromatic carbocycles. The molecule has 0 saturated heterocycles. The van der Waals surface area contributed by atoms with Gasteiger partial charge in [-0.25, -0.2) is 0 Å². The summed E-state index contributed by atoms with van der Waals surface area (Å²) in [5, 5.41) is 3.05. The molecule has 1 aliphatic rings. The van der Waals surface area contributed by atoms with E-state index in [-0.39, 0.29) is 5.78 Å². The van der Waals surface area contributed by atoms with E-state index in [9.17, 15) is 4.79 Å². The predicted octanol–water partition coefficient (Wildman–Crippen LogP) is 5.75. The molecular weight excluding hydrogens is 384 g/mol. The van der Waals surface area contributed by atoms with Crippen LogP contribution in [-0.2, 0) is 12.2 Å². The SMILES string of the molecule is O=C(c1cc2c(s1)CCSC2)c1csc2c(Br)cccc12. The first-order valence-corrected chi connectivity index (χ1v) is 10.3. The van der Waals surface area contributed by atoms with Crippen molar-refractivity contribution in [1.82, 2.24) is 0 Å². The van der Waals surface area contributed by atoms with E-state index < -0.39 is 0 Å². The lowest BCUT2D eigenvalue weighted by atomic mass is 10.1. The van der Waals surface area contributed by atoms with Crippen LogP contribution in [0.3, 0.4) is 0 Å². The molecular formula is C16H11BrOS3. The fourth-order valence-electron chi connectivity index (χ4n) is 2.59. The Kier molecular flexibility index (Phi) is 3.69. The number of thiophene rings is 2. The van der Waals surface area contributed by atoms with Crippen molar-refractivity contribution in [3.8, 4) is 0 Å². The molecule has 0 saturated carbocycles. The number of aryl methyl sites for hydroxylation is 1. The number of carbonyl (C=O) groups excluding carboxylic acids is 1. The Balaban J connectivity index is 1.79. The van der Waals surface area contributed by atoms with Gasteiger partial charge in [0.05, 0.1) is 4.88 Å². The number of ketones is 1. The summed E-state index contributed by atoms with van der Waals surface area (Å²) in [6.07, 6.45) is 1.11. The van der Waals surface area contributed by atoms with E-state index in [0.29, 0.717) is 0 Å². The number of halogens is 1. The Hall–Kier alpha value is -0.620. The Morgan fingerprint density at radius 2 is 2.19 bits per heavy atom. The van der Waals surface area contributed by atoms with Crippen LogP contribution in [0.4, 0.5) is 0 Å². The summed E-state index contributed by atoms with van der Waals surface area (Å²) < 4.78 is 2.21. The molecule has 0 amide bonds. The maximum Gasteiger partial charge on any atom is 0.204 e. The number of carbonyl (C=O) groups is 1. The van der Waals surface area contributed by atoms with Gasteiger partial charge in [0.1, 0.15) is 0 Å². The molecule has 3 heterocycles. The topological polar surface area (TPSA) is 17.1 Å². The lowest BCUT2D eigenvalue weighted by Gasteiger charge is -2.08. The lowest BCUT2D eigenvalue weighted by molar-refractivity contribution is 0.104. The second-order valence-corrected chi connectivity index (χ2v) is 8.93. The average Bonchev–Trinajstić information content (AvgIpc) is 3.11. The maximum atomic E-state index is 12.8. The second kappa shape index (κ2) is 5.54. The van der Waals surface area contributed by atoms with E-state index >= 15 is 0 Å². The van der Waals surface area contributed by atoms with Gasteiger partial charge in [-0.2, -0.15) is 11.8 Å². The van der Waals surface area contributed by atoms with Gasteiger partial charge >= 0.3 is 0 Å². The van der Waals surface area contributed by atoms with Crippen LogP contribution >= 0.6 is 50.4 Å². The molecule has 4 rings (SSSR count). The summed E-state index contributed by atoms with van der Waals surface area (Å²) in [5.41, 5.74) is 2.20. The van der Waals surface area contributed by atoms with Crippen molar-refractivity contribution < 1.29 is 4.79 Å². The summed E-state index contributed by atoms with van der Waals surface area (Å²) >= 11 is 8.83. The van der Waals surface area contributed by atoms with Crippen molar-refractivity contribution in [1.29, 1.82) is 0 Å². The first-order chi connectivity index (χ1) is 10.2. The van der Waals surface area contributed by atoms with E-state index in [0.717, 1.165) is 37.2 Å². The highest BCUT2D eigenvalue weighted by molar-refractivity contribution is 9.10. The van der Waals surface area contributed by atoms with Crippen LogP contribution in [0.5, 0.6) is 0 Å². The minimum Gasteiger partial charge on any atom is -0.288 e. The Morgan fingerprint density at radius 3 is 3.05 bits per heavy atom. The molecule has 0 aliphatic carbocycles. The van der Waals surface area contributed by atoms with Crippen molar-refractivity contribution in [2.45, 2.75) is 12.2 Å². The molecule has 0 fully saturated rings. The van der Waals surface area contributed by atoms with Crippen LogP contribution < -0.4 is 0 Å². The number of hydrogen-bond donors (Lipinski definition) is 0. The van der Waals surface area contributed by atoms with E-state index in [2.05, 4.69) is 22.0 Å². The minimum atomic E-state index is 0.170. The molecule has 0 radical (unpaired) electrons. The molecule has 5 heteroatoms. The highest BCUT2D eigenvalue weighted by atomic mass is 79.9. The first kappa shape index (κ1) is 14.0. The first-order valence-electron chi connectivity index (χ1n) is 6.64. The third kappa shape index (κ3) is 2.40. The summed E-state index contributed by atoms with van der Waals surface area (Å²) in [5.74, 6) is 2.40. The van der Waals surface area contributed by atoms with E-state index in [4.69, 9.17) is 0 Å². The molecule has 3 aromatic rings. The normalized spacial score (nSPS) is 14.3. The number of hydrogen-bond acceptors (Lipinski definition) is 4. The summed E-state index contributed by atoms with van der Waals surface area (Å²) in [4.78, 5) is 15.1. The Bertz CT molecular complexity index is 823. The zero-order valence-corrected chi connectivity index (χ0v) is 15.1. The summed E-state index contributed by atoms with van der Waals surface area (Å²) in [6, 6.07) is 8.16. The monoisotopic (exact) mass is 394 g/mol. The van der Waals surface area contributed by atoms with Crippen molar-refractivity contribution in [3.63, 3.8) is 0 Å². The van der Waals surface area contributed by atoms with Gasteiger partial charge in [-0.3, -0.25) is 4.79 Å². The fraction of sp³-hybridized carbons (Fsp3) is 0.188. The van der Waals surface area contributed by atoms with Crippen LogP contribution in [0.15, 0.2) is 34.1 Å². The van der Waals surface area contributed by atoms with Crippen molar-refractivity contribution in [2.75, 3.05) is 5.75 Å². The third-order valence-corrected chi connectivity index (χ3v) is 7.84. The standard InChI is InChI=1S/C16H11BrOS3/c17-12-3-1-2-10-11(8-20-16(10)12)15(18)14-6-9-7-19-5-4-13(9)21-14/h1-3,6,8H,4-5,7H2. The zero-order valence-electron chi connectivity index (χ0n) is 11.0. The fourth-order valence-corrected chi connectivity index (χ4v) is 6.52. The van der Waals surface area contributed by atoms with E-state index in [1.165, 1.54) is 16.2 Å². The molecule has 2 aromatic heterocycles. The summed E-state index contributed by atoms with van der Waals surface area (Å²) in [7, 11) is 0. The van der Waals surface area contributed by atoms with Gasteiger partial charge in [0, 0.05) is 36.1 Å². The molecule has 0 N–H and O–H groups in total. The quantitative estimate of drug-likeness (QED) is 0.515. The molecule has 1 aliphatic heterocycles. The molecule has 106 valence electrons. The van der Waals surface area contributed by atoms with Gasteiger partial charge in [-0.05, 0) is 45.8 Å². The highest BCUT2D eigenvalue weighted by Gasteiger charge is 2.21. The van der Waals surface area contributed by atoms with E-state index in [1.807, 2.05) is 35.3 Å². The van der Waals surface area contributed by atoms with Crippen LogP contribution in [0.25, 0.3) is 10.1 Å². The number of thioether (sulfide) groups is 1. The summed E-state index contributed by atoms with van der Waals surface area (Å²) in [6.45, 7) is 0. The Labute approximate surface area is 143 Å². The lowest BCUT2D eigenvalue weighted by Crippen LogP contribution is -1.97. The minimum absolute atomic E-state index is 0.170. The maximum absolute atomic E-state index is 12.8. The van der Waals surface area contributed by atoms with Crippen LogP contribution in [0, 0.1) is 0 Å². The third-order valence-electron chi connectivity index (χ3n) is 3.65. The van der Waals surface area contributed by atoms with Gasteiger partial charge in [-0.1, -0.05) is 12.1 Å². The van der Waals surface area contributed by atoms with Crippen molar-refractivity contribution in [2.24, 2.45) is 0 Å². The van der Waals surface area contributed by atoms with Gasteiger partial charge in [-0.15, -0.1) is 22.7 Å². The highest BCUT2D eigenvalue weighted by Crippen LogP contribution is 2.36. The number of fused-ring (bicyclic) bond motifs is 2. The van der Waals surface area contributed by atoms with Crippen LogP contribution in [-0.4, -0.2) is 11.5 Å². The average molecular weight is 395 g/mol. The van der Waals surface area contributed by atoms with Gasteiger partial charge in [0.25, 0.3) is 0 Å². The van der Waals surface area contributed by atoms with Gasteiger partial charge in [0.2, 0.25) is 5.78 Å². The van der Waals surface area contributed by atoms with Crippen molar-refractivity contribution >= 4 is 66.2 Å². The molecule has 0 spiro atoms. The number of benzene rings is 1. The molecule has 0 bridgehead atoms.